The third-order valence-corrected chi connectivity index (χ3v) is 8.80. The highest BCUT2D eigenvalue weighted by atomic mass is 16.8. The summed E-state index contributed by atoms with van der Waals surface area (Å²) in [5.41, 5.74) is -9.78. The van der Waals surface area contributed by atoms with Gasteiger partial charge >= 0.3 is 17.9 Å². The Kier molecular flexibility index (Phi) is 3.67. The molecule has 5 aliphatic rings. The zero-order valence-electron chi connectivity index (χ0n) is 17.4. The smallest absolute Gasteiger partial charge is 0.342 e. The molecule has 2 aliphatic carbocycles. The molecule has 0 aromatic rings. The second-order valence-electron chi connectivity index (χ2n) is 10.6. The Morgan fingerprint density at radius 2 is 1.74 bits per heavy atom. The van der Waals surface area contributed by atoms with E-state index in [1.165, 1.54) is 0 Å². The number of rotatable bonds is 2. The average molecular weight is 442 g/mol. The van der Waals surface area contributed by atoms with Crippen molar-refractivity contribution >= 4 is 17.9 Å². The van der Waals surface area contributed by atoms with E-state index in [0.717, 1.165) is 6.92 Å². The standard InChI is InChI=1S/C20H26O11/c1-6(12(24)25)19(28)10(22)9(21)18-8-5-7(16(2,3)4)17(18)11(23)13(26)30-15(17)31-20(18,19)14(27)29-8/h6-11,15,21-23,28H,5H2,1-4H3,(H,24,25). The van der Waals surface area contributed by atoms with Crippen LogP contribution in [0, 0.1) is 28.1 Å². The third-order valence-electron chi connectivity index (χ3n) is 8.80. The molecule has 0 aromatic carbocycles. The Hall–Kier alpha value is -1.79. The van der Waals surface area contributed by atoms with Gasteiger partial charge in [-0.3, -0.25) is 4.79 Å². The van der Waals surface area contributed by atoms with Crippen molar-refractivity contribution in [3.05, 3.63) is 0 Å². The van der Waals surface area contributed by atoms with Crippen molar-refractivity contribution in [2.45, 2.75) is 76.0 Å². The molecule has 31 heavy (non-hydrogen) atoms. The summed E-state index contributed by atoms with van der Waals surface area (Å²) < 4.78 is 16.8. The molecule has 0 radical (unpaired) electrons. The highest BCUT2D eigenvalue weighted by Gasteiger charge is 3.02. The molecule has 11 unspecified atom stereocenters. The Labute approximate surface area is 176 Å². The number of esters is 2. The summed E-state index contributed by atoms with van der Waals surface area (Å²) in [6.45, 7) is 6.59. The minimum absolute atomic E-state index is 0.0891. The molecule has 11 nitrogen and oxygen atoms in total. The second-order valence-corrected chi connectivity index (χ2v) is 10.6. The zero-order chi connectivity index (χ0) is 23.1. The molecule has 172 valence electrons. The van der Waals surface area contributed by atoms with Crippen LogP contribution in [0.1, 0.15) is 34.1 Å². The Bertz CT molecular complexity index is 911. The SMILES string of the molecule is CC(C(=O)O)C1(O)C(O)C(O)C23C4CC(C(C)(C)C)C25C(OC(=O)C5O)OC13C(=O)O4. The van der Waals surface area contributed by atoms with E-state index in [-0.39, 0.29) is 6.42 Å². The van der Waals surface area contributed by atoms with Crippen LogP contribution >= 0.6 is 0 Å². The van der Waals surface area contributed by atoms with Gasteiger partial charge in [0, 0.05) is 0 Å². The molecule has 3 aliphatic heterocycles. The number of carbonyl (C=O) groups is 3. The van der Waals surface area contributed by atoms with Gasteiger partial charge in [0.2, 0.25) is 11.9 Å². The van der Waals surface area contributed by atoms with E-state index < -0.39 is 87.9 Å². The molecule has 5 fully saturated rings. The number of ether oxygens (including phenoxy) is 3. The minimum Gasteiger partial charge on any atom is -0.481 e. The van der Waals surface area contributed by atoms with Gasteiger partial charge in [0.1, 0.15) is 17.8 Å². The van der Waals surface area contributed by atoms with E-state index in [4.69, 9.17) is 14.2 Å². The summed E-state index contributed by atoms with van der Waals surface area (Å²) in [5, 5.41) is 54.9. The largest absolute Gasteiger partial charge is 0.481 e. The van der Waals surface area contributed by atoms with Gasteiger partial charge in [-0.05, 0) is 24.7 Å². The Balaban J connectivity index is 1.89. The quantitative estimate of drug-likeness (QED) is 0.303. The summed E-state index contributed by atoms with van der Waals surface area (Å²) >= 11 is 0. The lowest BCUT2D eigenvalue weighted by atomic mass is 9.51. The molecule has 2 spiro atoms. The summed E-state index contributed by atoms with van der Waals surface area (Å²) in [7, 11) is 0. The molecular weight excluding hydrogens is 416 g/mol. The molecule has 3 heterocycles. The lowest BCUT2D eigenvalue weighted by Crippen LogP contribution is -2.68. The van der Waals surface area contributed by atoms with Crippen molar-refractivity contribution < 1.29 is 54.1 Å². The van der Waals surface area contributed by atoms with E-state index >= 15 is 0 Å². The molecule has 5 rings (SSSR count). The van der Waals surface area contributed by atoms with Gasteiger partial charge in [-0.2, -0.15) is 0 Å². The maximum Gasteiger partial charge on any atom is 0.342 e. The predicted octanol–water partition coefficient (Wildman–Crippen LogP) is -1.85. The number of carboxylic acid groups (broad SMARTS) is 1. The van der Waals surface area contributed by atoms with Crippen LogP contribution in [0.25, 0.3) is 0 Å². The normalized spacial score (nSPS) is 55.5. The lowest BCUT2D eigenvalue weighted by Gasteiger charge is -2.47. The highest BCUT2D eigenvalue weighted by molar-refractivity contribution is 5.92. The fourth-order valence-corrected chi connectivity index (χ4v) is 7.77. The molecule has 0 bridgehead atoms. The van der Waals surface area contributed by atoms with Gasteiger partial charge in [-0.1, -0.05) is 20.8 Å². The van der Waals surface area contributed by atoms with Crippen molar-refractivity contribution in [1.29, 1.82) is 0 Å². The number of aliphatic carboxylic acids is 1. The van der Waals surface area contributed by atoms with Crippen LogP contribution in [-0.2, 0) is 28.6 Å². The van der Waals surface area contributed by atoms with Gasteiger partial charge in [0.25, 0.3) is 0 Å². The highest BCUT2D eigenvalue weighted by Crippen LogP contribution is 2.83. The fraction of sp³-hybridized carbons (Fsp3) is 0.850. The number of hydrogen-bond donors (Lipinski definition) is 5. The Morgan fingerprint density at radius 1 is 1.13 bits per heavy atom. The van der Waals surface area contributed by atoms with Gasteiger partial charge in [0.05, 0.1) is 22.9 Å². The molecular formula is C20H26O11. The Morgan fingerprint density at radius 3 is 2.29 bits per heavy atom. The van der Waals surface area contributed by atoms with E-state index in [2.05, 4.69) is 0 Å². The van der Waals surface area contributed by atoms with Crippen molar-refractivity contribution in [3.8, 4) is 0 Å². The minimum atomic E-state index is -2.82. The first-order chi connectivity index (χ1) is 14.2. The maximum atomic E-state index is 13.3. The third kappa shape index (κ3) is 1.66. The number of aliphatic hydroxyl groups is 4. The lowest BCUT2D eigenvalue weighted by molar-refractivity contribution is -0.255. The first-order valence-electron chi connectivity index (χ1n) is 10.3. The van der Waals surface area contributed by atoms with Gasteiger partial charge in [0.15, 0.2) is 6.10 Å². The van der Waals surface area contributed by atoms with Crippen molar-refractivity contribution in [3.63, 3.8) is 0 Å². The topological polar surface area (TPSA) is 180 Å². The second kappa shape index (κ2) is 5.40. The monoisotopic (exact) mass is 442 g/mol. The van der Waals surface area contributed by atoms with Gasteiger partial charge < -0.3 is 39.7 Å². The van der Waals surface area contributed by atoms with Crippen LogP contribution in [0.5, 0.6) is 0 Å². The number of carbonyl (C=O) groups excluding carboxylic acids is 2. The summed E-state index contributed by atoms with van der Waals surface area (Å²) in [6.07, 6.45) is -8.55. The number of hydrogen-bond acceptors (Lipinski definition) is 10. The van der Waals surface area contributed by atoms with Crippen molar-refractivity contribution in [2.75, 3.05) is 0 Å². The molecule has 3 saturated heterocycles. The first kappa shape index (κ1) is 21.1. The first-order valence-corrected chi connectivity index (χ1v) is 10.3. The summed E-state index contributed by atoms with van der Waals surface area (Å²) in [4.78, 5) is 37.7. The van der Waals surface area contributed by atoms with Crippen LogP contribution in [0.15, 0.2) is 0 Å². The summed E-state index contributed by atoms with van der Waals surface area (Å²) in [6, 6.07) is 0. The molecule has 11 heteroatoms. The zero-order valence-corrected chi connectivity index (χ0v) is 17.4. The van der Waals surface area contributed by atoms with Crippen molar-refractivity contribution in [2.24, 2.45) is 28.1 Å². The van der Waals surface area contributed by atoms with E-state index in [9.17, 15) is 39.9 Å². The van der Waals surface area contributed by atoms with E-state index in [1.54, 1.807) is 0 Å². The van der Waals surface area contributed by atoms with E-state index in [1.807, 2.05) is 20.8 Å². The van der Waals surface area contributed by atoms with Crippen LogP contribution in [-0.4, -0.2) is 85.3 Å². The molecule has 2 saturated carbocycles. The van der Waals surface area contributed by atoms with Crippen LogP contribution in [0.4, 0.5) is 0 Å². The molecule has 11 atom stereocenters. The average Bonchev–Trinajstić information content (AvgIpc) is 3.32. The van der Waals surface area contributed by atoms with Crippen molar-refractivity contribution in [1.82, 2.24) is 0 Å². The van der Waals surface area contributed by atoms with E-state index in [0.29, 0.717) is 0 Å². The van der Waals surface area contributed by atoms with Crippen LogP contribution in [0.3, 0.4) is 0 Å². The number of carboxylic acids is 1. The molecule has 0 amide bonds. The summed E-state index contributed by atoms with van der Waals surface area (Å²) in [5.74, 6) is -6.12. The maximum absolute atomic E-state index is 13.3. The molecule has 0 aromatic heterocycles. The fourth-order valence-electron chi connectivity index (χ4n) is 7.77. The van der Waals surface area contributed by atoms with Gasteiger partial charge in [-0.25, -0.2) is 9.59 Å². The molecule has 5 N–H and O–H groups in total. The number of aliphatic hydroxyl groups excluding tert-OH is 3. The van der Waals surface area contributed by atoms with Crippen LogP contribution in [0.2, 0.25) is 0 Å². The predicted molar refractivity (Wildman–Crippen MR) is 95.8 cm³/mol. The van der Waals surface area contributed by atoms with Gasteiger partial charge in [-0.15, -0.1) is 0 Å². The van der Waals surface area contributed by atoms with Crippen LogP contribution < -0.4 is 0 Å².